The van der Waals surface area contributed by atoms with Crippen molar-refractivity contribution < 1.29 is 22.4 Å². The van der Waals surface area contributed by atoms with Crippen LogP contribution in [-0.2, 0) is 22.0 Å². The average molecular weight is 499 g/mol. The lowest BCUT2D eigenvalue weighted by molar-refractivity contribution is 0.103. The van der Waals surface area contributed by atoms with Gasteiger partial charge >= 0.3 is 0 Å². The fourth-order valence-electron chi connectivity index (χ4n) is 4.27. The van der Waals surface area contributed by atoms with Crippen molar-refractivity contribution in [2.45, 2.75) is 77.4 Å². The van der Waals surface area contributed by atoms with Crippen LogP contribution < -0.4 is 4.74 Å². The molecule has 3 rings (SSSR count). The molecule has 3 aromatic rings. The molecule has 0 fully saturated rings. The first kappa shape index (κ1) is 27.0. The molecule has 0 radical (unpaired) electrons. The van der Waals surface area contributed by atoms with Crippen molar-refractivity contribution in [2.75, 3.05) is 12.9 Å². The highest BCUT2D eigenvalue weighted by atomic mass is 32.2. The number of fused-ring (bicyclic) bond motifs is 1. The molecule has 0 aliphatic rings. The van der Waals surface area contributed by atoms with Gasteiger partial charge < -0.3 is 9.15 Å². The van der Waals surface area contributed by atoms with Gasteiger partial charge in [0.15, 0.2) is 15.6 Å². The summed E-state index contributed by atoms with van der Waals surface area (Å²) in [6.45, 7) is 4.99. The summed E-state index contributed by atoms with van der Waals surface area (Å²) in [7, 11) is -3.19. The van der Waals surface area contributed by atoms with Crippen LogP contribution in [0.5, 0.6) is 5.75 Å². The number of unbranched alkanes of at least 4 members (excludes halogenated alkanes) is 6. The fraction of sp³-hybridized carbons (Fsp3) is 0.483. The van der Waals surface area contributed by atoms with Crippen LogP contribution in [0.4, 0.5) is 0 Å². The lowest BCUT2D eigenvalue weighted by Crippen LogP contribution is -2.05. The highest BCUT2D eigenvalue weighted by Crippen LogP contribution is 2.31. The van der Waals surface area contributed by atoms with Gasteiger partial charge in [0.25, 0.3) is 0 Å². The lowest BCUT2D eigenvalue weighted by Gasteiger charge is -2.08. The molecule has 0 amide bonds. The van der Waals surface area contributed by atoms with E-state index in [4.69, 9.17) is 9.15 Å². The minimum absolute atomic E-state index is 0.0727. The minimum Gasteiger partial charge on any atom is -0.494 e. The Morgan fingerprint density at radius 1 is 0.886 bits per heavy atom. The van der Waals surface area contributed by atoms with Crippen molar-refractivity contribution in [3.8, 4) is 5.75 Å². The number of rotatable bonds is 15. The van der Waals surface area contributed by atoms with E-state index in [1.54, 1.807) is 30.3 Å². The number of sulfone groups is 1. The van der Waals surface area contributed by atoms with Crippen LogP contribution in [0.15, 0.2) is 46.9 Å². The lowest BCUT2D eigenvalue weighted by atomic mass is 9.97. The van der Waals surface area contributed by atoms with Gasteiger partial charge in [0.1, 0.15) is 17.1 Å². The van der Waals surface area contributed by atoms with Crippen LogP contribution in [0.2, 0.25) is 0 Å². The predicted molar refractivity (Wildman–Crippen MR) is 142 cm³/mol. The summed E-state index contributed by atoms with van der Waals surface area (Å²) in [6, 6.07) is 12.6. The first-order chi connectivity index (χ1) is 16.8. The zero-order valence-electron chi connectivity index (χ0n) is 21.3. The van der Waals surface area contributed by atoms with E-state index in [9.17, 15) is 13.2 Å². The van der Waals surface area contributed by atoms with E-state index in [2.05, 4.69) is 13.8 Å². The number of benzene rings is 2. The van der Waals surface area contributed by atoms with Gasteiger partial charge in [-0.2, -0.15) is 0 Å². The Labute approximate surface area is 209 Å². The molecule has 5 nitrogen and oxygen atoms in total. The summed E-state index contributed by atoms with van der Waals surface area (Å²) in [4.78, 5) is 13.6. The molecule has 1 heterocycles. The third kappa shape index (κ3) is 7.96. The van der Waals surface area contributed by atoms with E-state index in [0.717, 1.165) is 25.0 Å². The number of hydrogen-bond acceptors (Lipinski definition) is 5. The number of ether oxygens (including phenoxy) is 1. The number of hydrogen-bond donors (Lipinski definition) is 0. The largest absolute Gasteiger partial charge is 0.494 e. The van der Waals surface area contributed by atoms with Crippen LogP contribution >= 0.6 is 0 Å². The van der Waals surface area contributed by atoms with Gasteiger partial charge in [-0.15, -0.1) is 0 Å². The number of ketones is 1. The Hall–Kier alpha value is -2.60. The maximum atomic E-state index is 13.6. The SMILES string of the molecule is CCCCCCCCOc1ccc(C(=O)c2c(CCCC)oc3ccc(CS(C)(=O)=O)cc23)cc1. The molecule has 35 heavy (non-hydrogen) atoms. The Morgan fingerprint density at radius 2 is 1.57 bits per heavy atom. The predicted octanol–water partition coefficient (Wildman–Crippen LogP) is 7.29. The molecule has 0 N–H and O–H groups in total. The number of carbonyl (C=O) groups excluding carboxylic acids is 1. The minimum atomic E-state index is -3.19. The number of carbonyl (C=O) groups is 1. The van der Waals surface area contributed by atoms with E-state index < -0.39 is 9.84 Å². The topological polar surface area (TPSA) is 73.6 Å². The Bertz CT molecular complexity index is 1210. The zero-order valence-corrected chi connectivity index (χ0v) is 22.1. The molecule has 0 aliphatic heterocycles. The molecule has 0 spiro atoms. The van der Waals surface area contributed by atoms with Crippen molar-refractivity contribution in [1.82, 2.24) is 0 Å². The second-order valence-electron chi connectivity index (χ2n) is 9.37. The van der Waals surface area contributed by atoms with Crippen molar-refractivity contribution in [3.63, 3.8) is 0 Å². The molecule has 0 saturated carbocycles. The normalized spacial score (nSPS) is 11.7. The molecule has 0 unspecified atom stereocenters. The quantitative estimate of drug-likeness (QED) is 0.162. The standard InChI is InChI=1S/C29H38O5S/c1-4-6-8-9-10-11-19-33-24-16-14-23(15-17-24)29(30)28-25-20-22(21-35(3,31)32)13-18-26(25)34-27(28)12-7-5-2/h13-18,20H,4-12,19,21H2,1-3H3. The van der Waals surface area contributed by atoms with Gasteiger partial charge in [0, 0.05) is 23.6 Å². The van der Waals surface area contributed by atoms with Crippen molar-refractivity contribution in [3.05, 3.63) is 64.9 Å². The van der Waals surface area contributed by atoms with Crippen LogP contribution in [0.3, 0.4) is 0 Å². The van der Waals surface area contributed by atoms with Gasteiger partial charge in [0.2, 0.25) is 0 Å². The van der Waals surface area contributed by atoms with E-state index in [1.807, 2.05) is 12.1 Å². The van der Waals surface area contributed by atoms with Gasteiger partial charge in [0.05, 0.1) is 17.9 Å². The smallest absolute Gasteiger partial charge is 0.197 e. The zero-order chi connectivity index (χ0) is 25.3. The highest BCUT2D eigenvalue weighted by Gasteiger charge is 2.22. The number of aryl methyl sites for hydroxylation is 1. The van der Waals surface area contributed by atoms with Crippen LogP contribution in [-0.4, -0.2) is 27.1 Å². The molecule has 0 aliphatic carbocycles. The van der Waals surface area contributed by atoms with Crippen molar-refractivity contribution >= 4 is 26.6 Å². The highest BCUT2D eigenvalue weighted by molar-refractivity contribution is 7.89. The Balaban J connectivity index is 1.77. The monoisotopic (exact) mass is 498 g/mol. The van der Waals surface area contributed by atoms with Crippen molar-refractivity contribution in [1.29, 1.82) is 0 Å². The molecule has 1 aromatic heterocycles. The summed E-state index contributed by atoms with van der Waals surface area (Å²) in [5.74, 6) is 1.23. The summed E-state index contributed by atoms with van der Waals surface area (Å²) < 4.78 is 35.5. The van der Waals surface area contributed by atoms with Gasteiger partial charge in [-0.05, 0) is 54.8 Å². The van der Waals surface area contributed by atoms with E-state index in [0.29, 0.717) is 46.4 Å². The van der Waals surface area contributed by atoms with Crippen LogP contribution in [0, 0.1) is 0 Å². The summed E-state index contributed by atoms with van der Waals surface area (Å²) >= 11 is 0. The molecule has 0 saturated heterocycles. The first-order valence-electron chi connectivity index (χ1n) is 12.8. The third-order valence-electron chi connectivity index (χ3n) is 6.12. The summed E-state index contributed by atoms with van der Waals surface area (Å²) in [5, 5.41) is 0.672. The second kappa shape index (κ2) is 12.9. The van der Waals surface area contributed by atoms with E-state index >= 15 is 0 Å². The molecular formula is C29H38O5S. The third-order valence-corrected chi connectivity index (χ3v) is 6.98. The number of furan rings is 1. The second-order valence-corrected chi connectivity index (χ2v) is 11.5. The maximum Gasteiger partial charge on any atom is 0.197 e. The van der Waals surface area contributed by atoms with Crippen LogP contribution in [0.1, 0.15) is 92.5 Å². The Morgan fingerprint density at radius 3 is 2.26 bits per heavy atom. The maximum absolute atomic E-state index is 13.6. The molecule has 0 atom stereocenters. The molecule has 6 heteroatoms. The molecule has 0 bridgehead atoms. The Kier molecular flexibility index (Phi) is 9.96. The van der Waals surface area contributed by atoms with Crippen molar-refractivity contribution in [2.24, 2.45) is 0 Å². The van der Waals surface area contributed by atoms with Gasteiger partial charge in [-0.3, -0.25) is 4.79 Å². The molecular weight excluding hydrogens is 460 g/mol. The van der Waals surface area contributed by atoms with Crippen LogP contribution in [0.25, 0.3) is 11.0 Å². The summed E-state index contributed by atoms with van der Waals surface area (Å²) in [6.07, 6.45) is 11.0. The fourth-order valence-corrected chi connectivity index (χ4v) is 5.05. The van der Waals surface area contributed by atoms with E-state index in [-0.39, 0.29) is 11.5 Å². The van der Waals surface area contributed by atoms with E-state index in [1.165, 1.54) is 38.4 Å². The van der Waals surface area contributed by atoms with Gasteiger partial charge in [-0.25, -0.2) is 8.42 Å². The average Bonchev–Trinajstić information content (AvgIpc) is 3.18. The molecule has 2 aromatic carbocycles. The first-order valence-corrected chi connectivity index (χ1v) is 14.9. The van der Waals surface area contributed by atoms with Gasteiger partial charge in [-0.1, -0.05) is 58.4 Å². The summed E-state index contributed by atoms with van der Waals surface area (Å²) in [5.41, 5.74) is 2.35. The molecule has 190 valence electrons.